The van der Waals surface area contributed by atoms with Gasteiger partial charge >= 0.3 is 6.61 Å². The molecule has 0 spiro atoms. The zero-order chi connectivity index (χ0) is 19.4. The van der Waals surface area contributed by atoms with Gasteiger partial charge in [0, 0.05) is 48.9 Å². The Morgan fingerprint density at radius 2 is 1.74 bits per heavy atom. The first kappa shape index (κ1) is 19.5. The third-order valence-corrected chi connectivity index (χ3v) is 4.78. The highest BCUT2D eigenvalue weighted by molar-refractivity contribution is 6.31. The van der Waals surface area contributed by atoms with Crippen LogP contribution in [0.2, 0.25) is 5.02 Å². The van der Waals surface area contributed by atoms with E-state index in [1.165, 1.54) is 30.3 Å². The molecule has 1 aliphatic rings. The molecular formula is C19H18ClF3N2O2. The number of nitrogens with zero attached hydrogens (tertiary/aromatic N) is 2. The van der Waals surface area contributed by atoms with Crippen molar-refractivity contribution in [3.63, 3.8) is 0 Å². The van der Waals surface area contributed by atoms with Gasteiger partial charge in [-0.15, -0.1) is 0 Å². The number of rotatable bonds is 5. The summed E-state index contributed by atoms with van der Waals surface area (Å²) in [5, 5.41) is 0.389. The molecule has 0 saturated carbocycles. The molecule has 1 saturated heterocycles. The Hall–Kier alpha value is -2.25. The molecule has 1 amide bonds. The molecule has 3 rings (SSSR count). The van der Waals surface area contributed by atoms with Gasteiger partial charge in [0.25, 0.3) is 5.91 Å². The summed E-state index contributed by atoms with van der Waals surface area (Å²) in [7, 11) is 0. The first-order valence-electron chi connectivity index (χ1n) is 8.43. The number of amides is 1. The van der Waals surface area contributed by atoms with Crippen LogP contribution in [0.15, 0.2) is 42.5 Å². The van der Waals surface area contributed by atoms with Gasteiger partial charge in [-0.1, -0.05) is 17.7 Å². The van der Waals surface area contributed by atoms with E-state index in [9.17, 15) is 18.0 Å². The Labute approximate surface area is 160 Å². The fourth-order valence-corrected chi connectivity index (χ4v) is 3.20. The normalized spacial score (nSPS) is 15.2. The van der Waals surface area contributed by atoms with E-state index in [1.54, 1.807) is 17.0 Å². The maximum atomic E-state index is 13.9. The minimum Gasteiger partial charge on any atom is -0.435 e. The smallest absolute Gasteiger partial charge is 0.387 e. The van der Waals surface area contributed by atoms with Crippen molar-refractivity contribution < 1.29 is 22.7 Å². The average molecular weight is 399 g/mol. The topological polar surface area (TPSA) is 32.8 Å². The van der Waals surface area contributed by atoms with E-state index in [0.717, 1.165) is 0 Å². The van der Waals surface area contributed by atoms with Crippen LogP contribution in [0.4, 0.5) is 13.2 Å². The van der Waals surface area contributed by atoms with Gasteiger partial charge in [-0.3, -0.25) is 9.69 Å². The minimum absolute atomic E-state index is 0.00753. The van der Waals surface area contributed by atoms with Gasteiger partial charge in [-0.2, -0.15) is 8.78 Å². The van der Waals surface area contributed by atoms with Crippen LogP contribution in [-0.4, -0.2) is 48.5 Å². The van der Waals surface area contributed by atoms with Crippen molar-refractivity contribution in [2.24, 2.45) is 0 Å². The molecule has 27 heavy (non-hydrogen) atoms. The van der Waals surface area contributed by atoms with Crippen molar-refractivity contribution in [2.45, 2.75) is 13.2 Å². The van der Waals surface area contributed by atoms with E-state index in [1.807, 2.05) is 4.90 Å². The zero-order valence-electron chi connectivity index (χ0n) is 14.4. The molecule has 2 aromatic carbocycles. The number of ether oxygens (including phenoxy) is 1. The van der Waals surface area contributed by atoms with Crippen molar-refractivity contribution in [2.75, 3.05) is 26.2 Å². The molecule has 0 bridgehead atoms. The van der Waals surface area contributed by atoms with Crippen LogP contribution < -0.4 is 4.74 Å². The Bertz CT molecular complexity index is 774. The molecule has 0 radical (unpaired) electrons. The van der Waals surface area contributed by atoms with E-state index in [-0.39, 0.29) is 17.5 Å². The minimum atomic E-state index is -2.90. The number of alkyl halides is 2. The number of carbonyl (C=O) groups is 1. The van der Waals surface area contributed by atoms with Gasteiger partial charge in [-0.05, 0) is 36.4 Å². The van der Waals surface area contributed by atoms with Gasteiger partial charge in [0.2, 0.25) is 0 Å². The van der Waals surface area contributed by atoms with Gasteiger partial charge in [0.1, 0.15) is 11.6 Å². The lowest BCUT2D eigenvalue weighted by atomic mass is 10.1. The van der Waals surface area contributed by atoms with Crippen molar-refractivity contribution >= 4 is 17.5 Å². The number of carbonyl (C=O) groups excluding carboxylic acids is 1. The van der Waals surface area contributed by atoms with Crippen LogP contribution in [0, 0.1) is 5.82 Å². The number of hydrogen-bond acceptors (Lipinski definition) is 3. The average Bonchev–Trinajstić information content (AvgIpc) is 2.65. The maximum absolute atomic E-state index is 13.9. The number of hydrogen-bond donors (Lipinski definition) is 0. The molecule has 0 aromatic heterocycles. The summed E-state index contributed by atoms with van der Waals surface area (Å²) in [6.07, 6.45) is 0. The molecule has 1 aliphatic heterocycles. The Morgan fingerprint density at radius 3 is 2.33 bits per heavy atom. The fraction of sp³-hybridized carbons (Fsp3) is 0.316. The van der Waals surface area contributed by atoms with E-state index in [0.29, 0.717) is 48.9 Å². The predicted molar refractivity (Wildman–Crippen MR) is 95.7 cm³/mol. The SMILES string of the molecule is O=C(c1ccc(OC(F)F)cc1)N1CCN(Cc2c(F)cccc2Cl)CC1. The van der Waals surface area contributed by atoms with E-state index >= 15 is 0 Å². The lowest BCUT2D eigenvalue weighted by Crippen LogP contribution is -2.48. The molecule has 1 fully saturated rings. The molecule has 8 heteroatoms. The van der Waals surface area contributed by atoms with Crippen molar-refractivity contribution in [1.82, 2.24) is 9.80 Å². The van der Waals surface area contributed by atoms with Crippen molar-refractivity contribution in [1.29, 1.82) is 0 Å². The monoisotopic (exact) mass is 398 g/mol. The van der Waals surface area contributed by atoms with Gasteiger partial charge < -0.3 is 9.64 Å². The second kappa shape index (κ2) is 8.63. The Morgan fingerprint density at radius 1 is 1.07 bits per heavy atom. The van der Waals surface area contributed by atoms with Gasteiger partial charge in [0.15, 0.2) is 0 Å². The fourth-order valence-electron chi connectivity index (χ4n) is 2.98. The molecule has 2 aromatic rings. The largest absolute Gasteiger partial charge is 0.435 e. The van der Waals surface area contributed by atoms with E-state index in [4.69, 9.17) is 11.6 Å². The summed E-state index contributed by atoms with van der Waals surface area (Å²) >= 11 is 6.06. The van der Waals surface area contributed by atoms with Crippen LogP contribution in [0.5, 0.6) is 5.75 Å². The maximum Gasteiger partial charge on any atom is 0.387 e. The highest BCUT2D eigenvalue weighted by atomic mass is 35.5. The molecule has 4 nitrogen and oxygen atoms in total. The molecule has 0 aliphatic carbocycles. The van der Waals surface area contributed by atoms with E-state index < -0.39 is 6.61 Å². The van der Waals surface area contributed by atoms with Crippen LogP contribution in [0.25, 0.3) is 0 Å². The molecule has 0 atom stereocenters. The quantitative estimate of drug-likeness (QED) is 0.762. The standard InChI is InChI=1S/C19H18ClF3N2O2/c20-16-2-1-3-17(21)15(16)12-24-8-10-25(11-9-24)18(26)13-4-6-14(7-5-13)27-19(22)23/h1-7,19H,8-12H2. The number of piperazine rings is 1. The zero-order valence-corrected chi connectivity index (χ0v) is 15.1. The Kier molecular flexibility index (Phi) is 6.23. The predicted octanol–water partition coefficient (Wildman–Crippen LogP) is 4.04. The molecule has 144 valence electrons. The van der Waals surface area contributed by atoms with Gasteiger partial charge in [0.05, 0.1) is 0 Å². The second-order valence-electron chi connectivity index (χ2n) is 6.17. The molecule has 1 heterocycles. The third kappa shape index (κ3) is 4.93. The molecule has 0 unspecified atom stereocenters. The number of halogens is 4. The second-order valence-corrected chi connectivity index (χ2v) is 6.58. The Balaban J connectivity index is 1.56. The highest BCUT2D eigenvalue weighted by Crippen LogP contribution is 2.22. The summed E-state index contributed by atoms with van der Waals surface area (Å²) in [6.45, 7) is -0.373. The van der Waals surface area contributed by atoms with Crippen molar-refractivity contribution in [3.05, 3.63) is 64.4 Å². The van der Waals surface area contributed by atoms with Crippen LogP contribution in [-0.2, 0) is 6.54 Å². The van der Waals surface area contributed by atoms with Crippen LogP contribution >= 0.6 is 11.6 Å². The van der Waals surface area contributed by atoms with Gasteiger partial charge in [-0.25, -0.2) is 4.39 Å². The highest BCUT2D eigenvalue weighted by Gasteiger charge is 2.23. The first-order valence-corrected chi connectivity index (χ1v) is 8.81. The molecule has 0 N–H and O–H groups in total. The first-order chi connectivity index (χ1) is 12.9. The van der Waals surface area contributed by atoms with Crippen LogP contribution in [0.3, 0.4) is 0 Å². The molecular weight excluding hydrogens is 381 g/mol. The van der Waals surface area contributed by atoms with E-state index in [2.05, 4.69) is 4.74 Å². The summed E-state index contributed by atoms with van der Waals surface area (Å²) < 4.78 is 42.5. The lowest BCUT2D eigenvalue weighted by Gasteiger charge is -2.35. The number of benzene rings is 2. The summed E-state index contributed by atoms with van der Waals surface area (Å²) in [6, 6.07) is 10.2. The third-order valence-electron chi connectivity index (χ3n) is 4.43. The van der Waals surface area contributed by atoms with Crippen molar-refractivity contribution in [3.8, 4) is 5.75 Å². The summed E-state index contributed by atoms with van der Waals surface area (Å²) in [5.41, 5.74) is 0.857. The lowest BCUT2D eigenvalue weighted by molar-refractivity contribution is -0.0498. The summed E-state index contributed by atoms with van der Waals surface area (Å²) in [4.78, 5) is 16.3. The summed E-state index contributed by atoms with van der Waals surface area (Å²) in [5.74, 6) is -0.512. The van der Waals surface area contributed by atoms with Crippen LogP contribution in [0.1, 0.15) is 15.9 Å².